The lowest BCUT2D eigenvalue weighted by atomic mass is 10.2. The van der Waals surface area contributed by atoms with Crippen molar-refractivity contribution in [3.63, 3.8) is 0 Å². The zero-order chi connectivity index (χ0) is 20.3. The van der Waals surface area contributed by atoms with Gasteiger partial charge >= 0.3 is 11.9 Å². The minimum atomic E-state index is -4.42. The fourth-order valence-electron chi connectivity index (χ4n) is 3.54. The number of amides is 1. The van der Waals surface area contributed by atoms with Crippen molar-refractivity contribution in [3.05, 3.63) is 34.7 Å². The van der Waals surface area contributed by atoms with Crippen molar-refractivity contribution in [2.45, 2.75) is 25.2 Å². The van der Waals surface area contributed by atoms with E-state index in [1.165, 1.54) is 14.0 Å². The Hall–Kier alpha value is -2.04. The smallest absolute Gasteiger partial charge is 0.354 e. The number of piperazine rings is 1. The zero-order valence-corrected chi connectivity index (χ0v) is 16.9. The fraction of sp³-hybridized carbons (Fsp3) is 0.556. The van der Waals surface area contributed by atoms with Gasteiger partial charge in [-0.05, 0) is 12.1 Å². The van der Waals surface area contributed by atoms with Gasteiger partial charge in [0.15, 0.2) is 0 Å². The summed E-state index contributed by atoms with van der Waals surface area (Å²) < 4.78 is 43.1. The molecule has 1 amide bonds. The van der Waals surface area contributed by atoms with Gasteiger partial charge in [0, 0.05) is 52.7 Å². The van der Waals surface area contributed by atoms with E-state index in [0.717, 1.165) is 5.52 Å². The van der Waals surface area contributed by atoms with E-state index in [9.17, 15) is 22.8 Å². The molecule has 1 atom stereocenters. The maximum Gasteiger partial charge on any atom is 0.405 e. The molecule has 1 aliphatic heterocycles. The number of benzene rings is 1. The fourth-order valence-corrected chi connectivity index (χ4v) is 3.54. The van der Waals surface area contributed by atoms with Crippen LogP contribution in [0, 0.1) is 0 Å². The minimum Gasteiger partial charge on any atom is -0.354 e. The van der Waals surface area contributed by atoms with Crippen LogP contribution in [0.2, 0.25) is 0 Å². The molecule has 2 N–H and O–H groups in total. The second-order valence-corrected chi connectivity index (χ2v) is 6.88. The zero-order valence-electron chi connectivity index (χ0n) is 16.0. The number of aromatic nitrogens is 2. The highest BCUT2D eigenvalue weighted by Gasteiger charge is 2.43. The number of nitrogens with one attached hydrogen (secondary N) is 2. The summed E-state index contributed by atoms with van der Waals surface area (Å²) in [4.78, 5) is 25.8. The van der Waals surface area contributed by atoms with E-state index in [0.29, 0.717) is 18.6 Å². The van der Waals surface area contributed by atoms with E-state index < -0.39 is 24.7 Å². The number of imidazole rings is 1. The Morgan fingerprint density at radius 1 is 1.21 bits per heavy atom. The van der Waals surface area contributed by atoms with Gasteiger partial charge in [0.1, 0.15) is 6.04 Å². The normalized spacial score (nSPS) is 16.4. The van der Waals surface area contributed by atoms with Crippen molar-refractivity contribution in [2.24, 2.45) is 7.05 Å². The van der Waals surface area contributed by atoms with Crippen LogP contribution >= 0.6 is 12.4 Å². The quantitative estimate of drug-likeness (QED) is 0.713. The molecular formula is C18H25ClF3N5O2. The number of halogens is 4. The molecule has 1 unspecified atom stereocenters. The predicted molar refractivity (Wildman–Crippen MR) is 106 cm³/mol. The van der Waals surface area contributed by atoms with Gasteiger partial charge in [-0.3, -0.25) is 18.8 Å². The number of para-hydroxylation sites is 2. The van der Waals surface area contributed by atoms with Crippen LogP contribution in [0.4, 0.5) is 13.2 Å². The number of carbonyl (C=O) groups is 1. The first-order valence-corrected chi connectivity index (χ1v) is 9.21. The van der Waals surface area contributed by atoms with E-state index in [1.54, 1.807) is 25.2 Å². The summed E-state index contributed by atoms with van der Waals surface area (Å²) in [5.41, 5.74) is 1.17. The van der Waals surface area contributed by atoms with Gasteiger partial charge in [0.2, 0.25) is 5.91 Å². The largest absolute Gasteiger partial charge is 0.405 e. The first-order valence-electron chi connectivity index (χ1n) is 9.21. The lowest BCUT2D eigenvalue weighted by Gasteiger charge is -2.35. The molecule has 162 valence electrons. The molecule has 0 saturated carbocycles. The van der Waals surface area contributed by atoms with Crippen LogP contribution in [-0.2, 0) is 18.4 Å². The van der Waals surface area contributed by atoms with E-state index in [-0.39, 0.29) is 44.2 Å². The van der Waals surface area contributed by atoms with Crippen LogP contribution < -0.4 is 16.3 Å². The van der Waals surface area contributed by atoms with Crippen molar-refractivity contribution in [1.82, 2.24) is 24.7 Å². The van der Waals surface area contributed by atoms with E-state index in [1.807, 2.05) is 6.07 Å². The number of alkyl halides is 3. The van der Waals surface area contributed by atoms with Crippen molar-refractivity contribution in [3.8, 4) is 0 Å². The molecule has 0 radical (unpaired) electrons. The highest BCUT2D eigenvalue weighted by molar-refractivity contribution is 5.85. The number of hydrogen-bond acceptors (Lipinski definition) is 4. The number of carbonyl (C=O) groups excluding carboxylic acids is 1. The standard InChI is InChI=1S/C18H24F3N5O2.ClH/c1-24-13-4-2-3-5-14(13)26(17(24)28)9-6-16(27)23-12-15(18(19,20)21)25-10-7-22-8-11-25;/h2-5,15,22H,6-12H2,1H3,(H,23,27);1H. The maximum atomic E-state index is 13.4. The Morgan fingerprint density at radius 3 is 2.45 bits per heavy atom. The molecule has 1 aliphatic rings. The van der Waals surface area contributed by atoms with Gasteiger partial charge in [-0.15, -0.1) is 12.4 Å². The second kappa shape index (κ2) is 9.64. The average Bonchev–Trinajstić information content (AvgIpc) is 2.91. The summed E-state index contributed by atoms with van der Waals surface area (Å²) in [5.74, 6) is -0.510. The van der Waals surface area contributed by atoms with E-state index >= 15 is 0 Å². The summed E-state index contributed by atoms with van der Waals surface area (Å²) in [6.07, 6.45) is -4.49. The summed E-state index contributed by atoms with van der Waals surface area (Å²) in [6.45, 7) is 1.16. The molecule has 0 bridgehead atoms. The number of aryl methyl sites for hydroxylation is 2. The van der Waals surface area contributed by atoms with Crippen LogP contribution in [0.5, 0.6) is 0 Å². The molecular weight excluding hydrogens is 411 g/mol. The van der Waals surface area contributed by atoms with Gasteiger partial charge < -0.3 is 10.6 Å². The predicted octanol–water partition coefficient (Wildman–Crippen LogP) is 1.10. The van der Waals surface area contributed by atoms with Gasteiger partial charge in [-0.25, -0.2) is 4.79 Å². The number of hydrogen-bond donors (Lipinski definition) is 2. The number of fused-ring (bicyclic) bond motifs is 1. The lowest BCUT2D eigenvalue weighted by Crippen LogP contribution is -2.57. The van der Waals surface area contributed by atoms with Crippen LogP contribution in [0.3, 0.4) is 0 Å². The molecule has 2 aromatic rings. The summed E-state index contributed by atoms with van der Waals surface area (Å²) in [7, 11) is 1.64. The van der Waals surface area contributed by atoms with Gasteiger partial charge in [0.05, 0.1) is 11.0 Å². The van der Waals surface area contributed by atoms with Gasteiger partial charge in [0.25, 0.3) is 0 Å². The van der Waals surface area contributed by atoms with Crippen molar-refractivity contribution < 1.29 is 18.0 Å². The summed E-state index contributed by atoms with van der Waals surface area (Å²) >= 11 is 0. The Kier molecular flexibility index (Phi) is 7.73. The Bertz CT molecular complexity index is 890. The maximum absolute atomic E-state index is 13.4. The van der Waals surface area contributed by atoms with Crippen LogP contribution in [0.15, 0.2) is 29.1 Å². The number of rotatable bonds is 6. The number of nitrogens with zero attached hydrogens (tertiary/aromatic N) is 3. The molecule has 2 heterocycles. The Labute approximate surface area is 172 Å². The summed E-state index contributed by atoms with van der Waals surface area (Å²) in [5, 5.41) is 5.40. The Balaban J connectivity index is 0.00000300. The highest BCUT2D eigenvalue weighted by Crippen LogP contribution is 2.24. The highest BCUT2D eigenvalue weighted by atomic mass is 35.5. The summed E-state index contributed by atoms with van der Waals surface area (Å²) in [6, 6.07) is 5.47. The first kappa shape index (κ1) is 23.2. The monoisotopic (exact) mass is 435 g/mol. The van der Waals surface area contributed by atoms with Gasteiger partial charge in [-0.1, -0.05) is 12.1 Å². The molecule has 1 fully saturated rings. The Morgan fingerprint density at radius 2 is 1.83 bits per heavy atom. The molecule has 3 rings (SSSR count). The third kappa shape index (κ3) is 5.31. The third-order valence-corrected chi connectivity index (χ3v) is 5.08. The molecule has 7 nitrogen and oxygen atoms in total. The van der Waals surface area contributed by atoms with Crippen LogP contribution in [0.25, 0.3) is 11.0 Å². The third-order valence-electron chi connectivity index (χ3n) is 5.08. The molecule has 0 aliphatic carbocycles. The van der Waals surface area contributed by atoms with Crippen molar-refractivity contribution in [1.29, 1.82) is 0 Å². The molecule has 1 saturated heterocycles. The minimum absolute atomic E-state index is 0. The lowest BCUT2D eigenvalue weighted by molar-refractivity contribution is -0.184. The average molecular weight is 436 g/mol. The van der Waals surface area contributed by atoms with Crippen molar-refractivity contribution >= 4 is 29.3 Å². The molecule has 29 heavy (non-hydrogen) atoms. The van der Waals surface area contributed by atoms with E-state index in [4.69, 9.17) is 0 Å². The van der Waals surface area contributed by atoms with E-state index in [2.05, 4.69) is 10.6 Å². The SMILES string of the molecule is Cl.Cn1c(=O)n(CCC(=O)NCC(N2CCNCC2)C(F)(F)F)c2ccccc21. The molecule has 1 aromatic heterocycles. The second-order valence-electron chi connectivity index (χ2n) is 6.88. The topological polar surface area (TPSA) is 71.3 Å². The van der Waals surface area contributed by atoms with Crippen LogP contribution in [-0.4, -0.2) is 64.9 Å². The van der Waals surface area contributed by atoms with Crippen molar-refractivity contribution in [2.75, 3.05) is 32.7 Å². The molecule has 11 heteroatoms. The first-order chi connectivity index (χ1) is 13.3. The van der Waals surface area contributed by atoms with Gasteiger partial charge in [-0.2, -0.15) is 13.2 Å². The molecule has 0 spiro atoms. The molecule has 1 aromatic carbocycles. The van der Waals surface area contributed by atoms with Crippen LogP contribution in [0.1, 0.15) is 6.42 Å².